The summed E-state index contributed by atoms with van der Waals surface area (Å²) in [4.78, 5) is 0. The first kappa shape index (κ1) is 32.5. The highest BCUT2D eigenvalue weighted by atomic mass is 79.9. The minimum absolute atomic E-state index is 0.446. The Morgan fingerprint density at radius 3 is 1.18 bits per heavy atom. The van der Waals surface area contributed by atoms with Gasteiger partial charge in [0.1, 0.15) is 0 Å². The lowest BCUT2D eigenvalue weighted by Gasteiger charge is -2.18. The van der Waals surface area contributed by atoms with Crippen LogP contribution >= 0.6 is 23.9 Å². The Balaban J connectivity index is 0.000000267. The SMILES string of the molecule is CCCCCCCCC=CCCCCCCCCBr.c1ccc(P(c2ccccc2)c2ccccc2)cc1. The molecule has 0 aliphatic rings. The molecular formula is C36H50BrP. The van der Waals surface area contributed by atoms with E-state index in [9.17, 15) is 0 Å². The van der Waals surface area contributed by atoms with Gasteiger partial charge in [-0.3, -0.25) is 0 Å². The van der Waals surface area contributed by atoms with Gasteiger partial charge in [-0.05, 0) is 55.9 Å². The third-order valence-corrected chi connectivity index (χ3v) is 9.69. The summed E-state index contributed by atoms with van der Waals surface area (Å²) >= 11 is 3.48. The van der Waals surface area contributed by atoms with E-state index in [1.54, 1.807) is 0 Å². The summed E-state index contributed by atoms with van der Waals surface area (Å²) in [5.41, 5.74) is 0. The molecule has 0 aliphatic carbocycles. The summed E-state index contributed by atoms with van der Waals surface area (Å²) in [6, 6.07) is 32.3. The fourth-order valence-electron chi connectivity index (χ4n) is 4.52. The van der Waals surface area contributed by atoms with Gasteiger partial charge in [0.2, 0.25) is 0 Å². The maximum atomic E-state index is 3.48. The number of rotatable bonds is 18. The second-order valence-corrected chi connectivity index (χ2v) is 13.0. The Morgan fingerprint density at radius 1 is 0.474 bits per heavy atom. The molecule has 0 nitrogen and oxygen atoms in total. The topological polar surface area (TPSA) is 0 Å². The van der Waals surface area contributed by atoms with Gasteiger partial charge in [0.15, 0.2) is 0 Å². The van der Waals surface area contributed by atoms with Gasteiger partial charge in [-0.2, -0.15) is 0 Å². The van der Waals surface area contributed by atoms with E-state index < -0.39 is 7.92 Å². The third-order valence-electron chi connectivity index (χ3n) is 6.69. The normalized spacial score (nSPS) is 11.0. The van der Waals surface area contributed by atoms with Crippen LogP contribution in [0.4, 0.5) is 0 Å². The van der Waals surface area contributed by atoms with Gasteiger partial charge in [-0.1, -0.05) is 184 Å². The van der Waals surface area contributed by atoms with E-state index in [1.165, 1.54) is 111 Å². The highest BCUT2D eigenvalue weighted by molar-refractivity contribution is 9.09. The average molecular weight is 594 g/mol. The smallest absolute Gasteiger partial charge is 0.00313 e. The number of benzene rings is 3. The molecule has 0 heterocycles. The van der Waals surface area contributed by atoms with Crippen molar-refractivity contribution in [3.8, 4) is 0 Å². The molecule has 3 rings (SSSR count). The van der Waals surface area contributed by atoms with Crippen molar-refractivity contribution in [2.24, 2.45) is 0 Å². The van der Waals surface area contributed by atoms with Crippen LogP contribution in [-0.4, -0.2) is 5.33 Å². The van der Waals surface area contributed by atoms with Crippen molar-refractivity contribution in [2.45, 2.75) is 96.8 Å². The Morgan fingerprint density at radius 2 is 0.816 bits per heavy atom. The van der Waals surface area contributed by atoms with Crippen molar-refractivity contribution in [1.82, 2.24) is 0 Å². The average Bonchev–Trinajstić information content (AvgIpc) is 2.97. The van der Waals surface area contributed by atoms with Gasteiger partial charge >= 0.3 is 0 Å². The predicted molar refractivity (Wildman–Crippen MR) is 178 cm³/mol. The molecule has 38 heavy (non-hydrogen) atoms. The van der Waals surface area contributed by atoms with Crippen LogP contribution in [0.15, 0.2) is 103 Å². The highest BCUT2D eigenvalue weighted by Crippen LogP contribution is 2.32. The zero-order valence-corrected chi connectivity index (χ0v) is 26.2. The zero-order valence-electron chi connectivity index (χ0n) is 23.7. The molecule has 0 atom stereocenters. The van der Waals surface area contributed by atoms with Crippen molar-refractivity contribution < 1.29 is 0 Å². The molecule has 0 aliphatic heterocycles. The molecule has 0 spiro atoms. The molecule has 0 fully saturated rings. The van der Waals surface area contributed by atoms with Gasteiger partial charge in [0.05, 0.1) is 0 Å². The predicted octanol–water partition coefficient (Wildman–Crippen LogP) is 10.9. The van der Waals surface area contributed by atoms with E-state index in [0.717, 1.165) is 0 Å². The number of allylic oxidation sites excluding steroid dienone is 2. The van der Waals surface area contributed by atoms with Crippen LogP contribution in [0, 0.1) is 0 Å². The van der Waals surface area contributed by atoms with E-state index in [4.69, 9.17) is 0 Å². The molecule has 0 amide bonds. The minimum atomic E-state index is -0.446. The van der Waals surface area contributed by atoms with Crippen LogP contribution in [0.3, 0.4) is 0 Å². The molecule has 3 aromatic carbocycles. The summed E-state index contributed by atoms with van der Waals surface area (Å²) < 4.78 is 0. The van der Waals surface area contributed by atoms with E-state index in [1.807, 2.05) is 0 Å². The number of unbranched alkanes of at least 4 members (excludes halogenated alkanes) is 12. The molecule has 0 radical (unpaired) electrons. The fraction of sp³-hybridized carbons (Fsp3) is 0.444. The highest BCUT2D eigenvalue weighted by Gasteiger charge is 2.15. The van der Waals surface area contributed by atoms with Crippen LogP contribution in [-0.2, 0) is 0 Å². The summed E-state index contributed by atoms with van der Waals surface area (Å²) in [5, 5.41) is 5.37. The maximum absolute atomic E-state index is 3.48. The van der Waals surface area contributed by atoms with Crippen LogP contribution in [0.1, 0.15) is 96.8 Å². The van der Waals surface area contributed by atoms with E-state index in [2.05, 4.69) is 126 Å². The first-order chi connectivity index (χ1) is 18.9. The summed E-state index contributed by atoms with van der Waals surface area (Å²) in [5.74, 6) is 0. The van der Waals surface area contributed by atoms with Crippen molar-refractivity contribution >= 4 is 39.8 Å². The van der Waals surface area contributed by atoms with Crippen molar-refractivity contribution in [1.29, 1.82) is 0 Å². The summed E-state index contributed by atoms with van der Waals surface area (Å²) in [6.07, 6.45) is 24.3. The van der Waals surface area contributed by atoms with Crippen LogP contribution < -0.4 is 15.9 Å². The van der Waals surface area contributed by atoms with Crippen LogP contribution in [0.2, 0.25) is 0 Å². The minimum Gasteiger partial charge on any atom is -0.0928 e. The summed E-state index contributed by atoms with van der Waals surface area (Å²) in [7, 11) is -0.446. The lowest BCUT2D eigenvalue weighted by Crippen LogP contribution is -2.20. The molecule has 2 heteroatoms. The van der Waals surface area contributed by atoms with Crippen molar-refractivity contribution in [3.05, 3.63) is 103 Å². The maximum Gasteiger partial charge on any atom is 0.00313 e. The molecular weight excluding hydrogens is 543 g/mol. The summed E-state index contributed by atoms with van der Waals surface area (Å²) in [6.45, 7) is 2.28. The molecule has 0 saturated heterocycles. The third kappa shape index (κ3) is 15.0. The number of alkyl halides is 1. The van der Waals surface area contributed by atoms with Gasteiger partial charge in [0.25, 0.3) is 0 Å². The van der Waals surface area contributed by atoms with Gasteiger partial charge in [-0.15, -0.1) is 0 Å². The Hall–Kier alpha value is -1.69. The standard InChI is InChI=1S/C18H35Br.C18H15P/c1-2-3-4-5-6-7-8-9-10-11-12-13-14-15-16-17-18-19;1-4-10-16(11-5-1)19(17-12-6-2-7-13-17)18-14-8-3-9-15-18/h9-10H,2-8,11-18H2,1H3;1-15H. The Bertz CT molecular complexity index is 829. The fourth-order valence-corrected chi connectivity index (χ4v) is 7.22. The first-order valence-electron chi connectivity index (χ1n) is 15.0. The van der Waals surface area contributed by atoms with Crippen LogP contribution in [0.25, 0.3) is 0 Å². The Kier molecular flexibility index (Phi) is 19.9. The monoisotopic (exact) mass is 592 g/mol. The van der Waals surface area contributed by atoms with Crippen molar-refractivity contribution in [3.63, 3.8) is 0 Å². The van der Waals surface area contributed by atoms with Gasteiger partial charge in [-0.25, -0.2) is 0 Å². The van der Waals surface area contributed by atoms with E-state index >= 15 is 0 Å². The number of hydrogen-bond acceptors (Lipinski definition) is 0. The molecule has 206 valence electrons. The molecule has 3 aromatic rings. The second-order valence-electron chi connectivity index (χ2n) is 9.97. The molecule has 0 saturated carbocycles. The second kappa shape index (κ2) is 23.2. The number of halogens is 1. The quantitative estimate of drug-likeness (QED) is 0.0596. The number of hydrogen-bond donors (Lipinski definition) is 0. The first-order valence-corrected chi connectivity index (χ1v) is 17.5. The molecule has 0 bridgehead atoms. The van der Waals surface area contributed by atoms with E-state index in [-0.39, 0.29) is 0 Å². The molecule has 0 unspecified atom stereocenters. The Labute approximate surface area is 244 Å². The largest absolute Gasteiger partial charge is 0.0928 e. The lowest BCUT2D eigenvalue weighted by atomic mass is 10.1. The zero-order chi connectivity index (χ0) is 26.9. The van der Waals surface area contributed by atoms with E-state index in [0.29, 0.717) is 0 Å². The van der Waals surface area contributed by atoms with Gasteiger partial charge < -0.3 is 0 Å². The van der Waals surface area contributed by atoms with Crippen LogP contribution in [0.5, 0.6) is 0 Å². The molecule has 0 N–H and O–H groups in total. The van der Waals surface area contributed by atoms with Crippen molar-refractivity contribution in [2.75, 3.05) is 5.33 Å². The van der Waals surface area contributed by atoms with Gasteiger partial charge in [0, 0.05) is 5.33 Å². The molecule has 0 aromatic heterocycles. The lowest BCUT2D eigenvalue weighted by molar-refractivity contribution is 0.607.